The minimum Gasteiger partial charge on any atom is -0.396 e. The number of nitrogen functional groups attached to an aromatic ring is 1. The van der Waals surface area contributed by atoms with E-state index in [4.69, 9.17) is 5.73 Å². The number of hydrogen-bond donors (Lipinski definition) is 3. The molecule has 7 nitrogen and oxygen atoms in total. The molecule has 0 aliphatic carbocycles. The number of carbonyl (C=O) groups excluding carboxylic acids is 1. The molecular weight excluding hydrogens is 270 g/mol. The van der Waals surface area contributed by atoms with Crippen molar-refractivity contribution in [2.45, 2.75) is 46.4 Å². The van der Waals surface area contributed by atoms with E-state index in [0.29, 0.717) is 18.8 Å². The van der Waals surface area contributed by atoms with Crippen molar-refractivity contribution in [3.8, 4) is 0 Å². The molecule has 1 atom stereocenters. The van der Waals surface area contributed by atoms with Crippen LogP contribution in [0.5, 0.6) is 0 Å². The van der Waals surface area contributed by atoms with Crippen LogP contribution in [0.15, 0.2) is 0 Å². The molecule has 0 saturated heterocycles. The molecule has 1 rings (SSSR count). The van der Waals surface area contributed by atoms with E-state index in [0.717, 1.165) is 11.4 Å². The van der Waals surface area contributed by atoms with Gasteiger partial charge in [-0.05, 0) is 34.7 Å². The average molecular weight is 297 g/mol. The smallest absolute Gasteiger partial charge is 0.234 e. The van der Waals surface area contributed by atoms with Crippen LogP contribution in [-0.4, -0.2) is 58.0 Å². The Kier molecular flexibility index (Phi) is 6.17. The summed E-state index contributed by atoms with van der Waals surface area (Å²) in [5, 5.41) is 17.2. The molecule has 0 fully saturated rings. The molecule has 1 heterocycles. The Bertz CT molecular complexity index is 484. The van der Waals surface area contributed by atoms with Gasteiger partial charge < -0.3 is 16.2 Å². The van der Waals surface area contributed by atoms with E-state index in [-0.39, 0.29) is 18.5 Å². The zero-order valence-electron chi connectivity index (χ0n) is 13.6. The molecule has 4 N–H and O–H groups in total. The van der Waals surface area contributed by atoms with Gasteiger partial charge in [0.2, 0.25) is 5.91 Å². The van der Waals surface area contributed by atoms with Gasteiger partial charge in [0.15, 0.2) is 0 Å². The van der Waals surface area contributed by atoms with Crippen LogP contribution in [0.1, 0.15) is 25.2 Å². The normalized spacial score (nSPS) is 13.0. The van der Waals surface area contributed by atoms with E-state index in [1.54, 1.807) is 16.6 Å². The number of aliphatic hydroxyl groups excluding tert-OH is 1. The van der Waals surface area contributed by atoms with Gasteiger partial charge in [0.1, 0.15) is 0 Å². The molecular formula is C14H27N5O2. The van der Waals surface area contributed by atoms with Crippen LogP contribution in [0.4, 0.5) is 5.69 Å². The van der Waals surface area contributed by atoms with Crippen molar-refractivity contribution in [2.24, 2.45) is 0 Å². The standard InChI is InChI=1S/C14H27N5O2/c1-9(2)16-13(21)8-18(5)6-12(20)7-19-11(4)14(15)10(3)17-19/h9,12,20H,6-8,15H2,1-5H3,(H,16,21). The largest absolute Gasteiger partial charge is 0.396 e. The first-order chi connectivity index (χ1) is 9.70. The van der Waals surface area contributed by atoms with Crippen molar-refractivity contribution < 1.29 is 9.90 Å². The van der Waals surface area contributed by atoms with Crippen LogP contribution < -0.4 is 11.1 Å². The Morgan fingerprint density at radius 3 is 2.57 bits per heavy atom. The van der Waals surface area contributed by atoms with E-state index in [9.17, 15) is 9.90 Å². The van der Waals surface area contributed by atoms with E-state index < -0.39 is 6.10 Å². The van der Waals surface area contributed by atoms with Crippen LogP contribution in [0.25, 0.3) is 0 Å². The number of anilines is 1. The summed E-state index contributed by atoms with van der Waals surface area (Å²) in [6.07, 6.45) is -0.612. The lowest BCUT2D eigenvalue weighted by Gasteiger charge is -2.21. The van der Waals surface area contributed by atoms with Crippen LogP contribution in [0, 0.1) is 13.8 Å². The summed E-state index contributed by atoms with van der Waals surface area (Å²) in [6.45, 7) is 8.56. The van der Waals surface area contributed by atoms with Gasteiger partial charge >= 0.3 is 0 Å². The van der Waals surface area contributed by atoms with Crippen LogP contribution >= 0.6 is 0 Å². The molecule has 0 bridgehead atoms. The number of hydrogen-bond acceptors (Lipinski definition) is 5. The van der Waals surface area contributed by atoms with Gasteiger partial charge in [-0.2, -0.15) is 5.10 Å². The van der Waals surface area contributed by atoms with Gasteiger partial charge in [0.25, 0.3) is 0 Å². The molecule has 1 unspecified atom stereocenters. The topological polar surface area (TPSA) is 96.4 Å². The monoisotopic (exact) mass is 297 g/mol. The maximum Gasteiger partial charge on any atom is 0.234 e. The quantitative estimate of drug-likeness (QED) is 0.653. The highest BCUT2D eigenvalue weighted by molar-refractivity contribution is 5.78. The average Bonchev–Trinajstić information content (AvgIpc) is 2.55. The Labute approximate surface area is 126 Å². The summed E-state index contributed by atoms with van der Waals surface area (Å²) < 4.78 is 1.71. The van der Waals surface area contributed by atoms with Crippen molar-refractivity contribution in [2.75, 3.05) is 25.9 Å². The third kappa shape index (κ3) is 5.35. The number of nitrogens with two attached hydrogens (primary N) is 1. The molecule has 120 valence electrons. The predicted molar refractivity (Wildman–Crippen MR) is 82.9 cm³/mol. The summed E-state index contributed by atoms with van der Waals surface area (Å²) in [6, 6.07) is 0.119. The number of nitrogens with one attached hydrogen (secondary N) is 1. The fraction of sp³-hybridized carbons (Fsp3) is 0.714. The van der Waals surface area contributed by atoms with E-state index in [1.165, 1.54) is 0 Å². The first kappa shape index (κ1) is 17.5. The predicted octanol–water partition coefficient (Wildman–Crippen LogP) is -0.101. The van der Waals surface area contributed by atoms with Gasteiger partial charge in [-0.3, -0.25) is 14.4 Å². The summed E-state index contributed by atoms with van der Waals surface area (Å²) in [5.41, 5.74) is 8.14. The molecule has 0 saturated carbocycles. The first-order valence-electron chi connectivity index (χ1n) is 7.16. The SMILES string of the molecule is Cc1nn(CC(O)CN(C)CC(=O)NC(C)C)c(C)c1N. The van der Waals surface area contributed by atoms with Gasteiger partial charge in [0, 0.05) is 12.6 Å². The van der Waals surface area contributed by atoms with Gasteiger partial charge in [0.05, 0.1) is 36.3 Å². The highest BCUT2D eigenvalue weighted by atomic mass is 16.3. The number of amides is 1. The third-order valence-electron chi connectivity index (χ3n) is 3.21. The minimum absolute atomic E-state index is 0.0462. The molecule has 21 heavy (non-hydrogen) atoms. The van der Waals surface area contributed by atoms with Crippen molar-refractivity contribution >= 4 is 11.6 Å². The maximum absolute atomic E-state index is 11.6. The number of nitrogens with zero attached hydrogens (tertiary/aromatic N) is 3. The Morgan fingerprint density at radius 1 is 1.48 bits per heavy atom. The molecule has 7 heteroatoms. The van der Waals surface area contributed by atoms with Crippen LogP contribution in [-0.2, 0) is 11.3 Å². The highest BCUT2D eigenvalue weighted by Crippen LogP contribution is 2.15. The van der Waals surface area contributed by atoms with Crippen LogP contribution in [0.3, 0.4) is 0 Å². The van der Waals surface area contributed by atoms with Gasteiger partial charge in [-0.1, -0.05) is 0 Å². The van der Waals surface area contributed by atoms with Crippen molar-refractivity contribution in [3.63, 3.8) is 0 Å². The van der Waals surface area contributed by atoms with E-state index >= 15 is 0 Å². The second-order valence-electron chi connectivity index (χ2n) is 5.84. The lowest BCUT2D eigenvalue weighted by atomic mass is 10.3. The molecule has 1 aromatic rings. The zero-order valence-corrected chi connectivity index (χ0v) is 13.6. The van der Waals surface area contributed by atoms with E-state index in [1.807, 2.05) is 27.7 Å². The molecule has 0 aliphatic rings. The van der Waals surface area contributed by atoms with Gasteiger partial charge in [-0.15, -0.1) is 0 Å². The molecule has 0 aliphatic heterocycles. The lowest BCUT2D eigenvalue weighted by molar-refractivity contribution is -0.122. The highest BCUT2D eigenvalue weighted by Gasteiger charge is 2.15. The number of aliphatic hydroxyl groups is 1. The molecule has 0 aromatic carbocycles. The zero-order chi connectivity index (χ0) is 16.2. The summed E-state index contributed by atoms with van der Waals surface area (Å²) in [4.78, 5) is 13.4. The fourth-order valence-corrected chi connectivity index (χ4v) is 2.18. The Morgan fingerprint density at radius 2 is 2.10 bits per heavy atom. The number of carbonyl (C=O) groups is 1. The Hall–Kier alpha value is -1.60. The molecule has 0 spiro atoms. The molecule has 1 aromatic heterocycles. The molecule has 0 radical (unpaired) electrons. The third-order valence-corrected chi connectivity index (χ3v) is 3.21. The summed E-state index contributed by atoms with van der Waals surface area (Å²) >= 11 is 0. The van der Waals surface area contributed by atoms with Crippen molar-refractivity contribution in [1.82, 2.24) is 20.0 Å². The number of rotatable bonds is 7. The molecule has 1 amide bonds. The van der Waals surface area contributed by atoms with Crippen LogP contribution in [0.2, 0.25) is 0 Å². The lowest BCUT2D eigenvalue weighted by Crippen LogP contribution is -2.41. The van der Waals surface area contributed by atoms with Crippen molar-refractivity contribution in [1.29, 1.82) is 0 Å². The van der Waals surface area contributed by atoms with E-state index in [2.05, 4.69) is 10.4 Å². The summed E-state index contributed by atoms with van der Waals surface area (Å²) in [7, 11) is 1.80. The number of aromatic nitrogens is 2. The second kappa shape index (κ2) is 7.42. The number of likely N-dealkylation sites (N-methyl/N-ethyl adjacent to an activating group) is 1. The number of aryl methyl sites for hydroxylation is 1. The second-order valence-corrected chi connectivity index (χ2v) is 5.84. The Balaban J connectivity index is 2.47. The first-order valence-corrected chi connectivity index (χ1v) is 7.16. The van der Waals surface area contributed by atoms with Crippen molar-refractivity contribution in [3.05, 3.63) is 11.4 Å². The maximum atomic E-state index is 11.6. The summed E-state index contributed by atoms with van der Waals surface area (Å²) in [5.74, 6) is -0.0462. The minimum atomic E-state index is -0.612. The van der Waals surface area contributed by atoms with Gasteiger partial charge in [-0.25, -0.2) is 0 Å². The fourth-order valence-electron chi connectivity index (χ4n) is 2.18.